The van der Waals surface area contributed by atoms with Crippen molar-refractivity contribution < 1.29 is 4.74 Å². The van der Waals surface area contributed by atoms with Crippen molar-refractivity contribution in [2.24, 2.45) is 0 Å². The average molecular weight is 314 g/mol. The first-order valence-corrected chi connectivity index (χ1v) is 7.25. The second-order valence-electron chi connectivity index (χ2n) is 4.27. The van der Waals surface area contributed by atoms with Crippen LogP contribution in [0.4, 0.5) is 0 Å². The van der Waals surface area contributed by atoms with Crippen LogP contribution in [0.25, 0.3) is 0 Å². The van der Waals surface area contributed by atoms with Crippen LogP contribution in [0.5, 0.6) is 5.75 Å². The number of nitrogens with zero attached hydrogens (tertiary/aromatic N) is 2. The lowest BCUT2D eigenvalue weighted by atomic mass is 10.2. The van der Waals surface area contributed by atoms with Gasteiger partial charge in [-0.2, -0.15) is 5.10 Å². The van der Waals surface area contributed by atoms with Gasteiger partial charge in [-0.15, -0.1) is 0 Å². The third-order valence-electron chi connectivity index (χ3n) is 2.78. The van der Waals surface area contributed by atoms with E-state index in [0.29, 0.717) is 35.5 Å². The molecule has 108 valence electrons. The van der Waals surface area contributed by atoms with E-state index in [-0.39, 0.29) is 0 Å². The number of hydrogen-bond acceptors (Lipinski definition) is 3. The van der Waals surface area contributed by atoms with Gasteiger partial charge >= 0.3 is 0 Å². The Hall–Kier alpha value is -1.23. The minimum atomic E-state index is 0.502. The molecule has 0 saturated carbocycles. The van der Waals surface area contributed by atoms with E-state index in [1.54, 1.807) is 12.3 Å². The molecule has 4 nitrogen and oxygen atoms in total. The molecule has 0 aliphatic carbocycles. The van der Waals surface area contributed by atoms with E-state index in [9.17, 15) is 0 Å². The number of ether oxygens (including phenoxy) is 1. The molecule has 0 spiro atoms. The Labute approximate surface area is 128 Å². The predicted molar refractivity (Wildman–Crippen MR) is 81.6 cm³/mol. The summed E-state index contributed by atoms with van der Waals surface area (Å²) < 4.78 is 7.62. The van der Waals surface area contributed by atoms with E-state index >= 15 is 0 Å². The van der Waals surface area contributed by atoms with Crippen molar-refractivity contribution in [1.82, 2.24) is 15.1 Å². The lowest BCUT2D eigenvalue weighted by Crippen LogP contribution is -2.14. The summed E-state index contributed by atoms with van der Waals surface area (Å²) in [6.45, 7) is 4.77. The van der Waals surface area contributed by atoms with Crippen LogP contribution in [0.15, 0.2) is 30.6 Å². The third kappa shape index (κ3) is 4.13. The fraction of sp³-hybridized carbons (Fsp3) is 0.357. The van der Waals surface area contributed by atoms with Gasteiger partial charge in [0.05, 0.1) is 11.6 Å². The molecule has 0 fully saturated rings. The van der Waals surface area contributed by atoms with Crippen LogP contribution in [0, 0.1) is 0 Å². The van der Waals surface area contributed by atoms with E-state index in [4.69, 9.17) is 27.9 Å². The van der Waals surface area contributed by atoms with Crippen LogP contribution < -0.4 is 10.1 Å². The molecular formula is C14H17Cl2N3O. The van der Waals surface area contributed by atoms with E-state index in [0.717, 1.165) is 12.1 Å². The van der Waals surface area contributed by atoms with Crippen molar-refractivity contribution in [2.75, 3.05) is 13.2 Å². The second kappa shape index (κ2) is 7.53. The van der Waals surface area contributed by atoms with E-state index in [1.165, 1.54) is 0 Å². The molecule has 0 saturated heterocycles. The van der Waals surface area contributed by atoms with Gasteiger partial charge in [0.1, 0.15) is 12.4 Å². The standard InChI is InChI=1S/C14H17Cl2N3O/c1-2-17-10-11-8-12(15)9-13(16)14(11)20-7-6-19-5-3-4-18-19/h3-5,8-9,17H,2,6-7,10H2,1H3. The first-order chi connectivity index (χ1) is 9.70. The maximum absolute atomic E-state index is 6.21. The maximum atomic E-state index is 6.21. The number of nitrogens with one attached hydrogen (secondary N) is 1. The normalized spacial score (nSPS) is 10.8. The summed E-state index contributed by atoms with van der Waals surface area (Å²) in [5, 5.41) is 8.52. The molecule has 0 aliphatic rings. The molecule has 2 rings (SSSR count). The minimum absolute atomic E-state index is 0.502. The number of aromatic nitrogens is 2. The quantitative estimate of drug-likeness (QED) is 0.851. The topological polar surface area (TPSA) is 39.1 Å². The van der Waals surface area contributed by atoms with Gasteiger partial charge < -0.3 is 10.1 Å². The Morgan fingerprint density at radius 3 is 2.90 bits per heavy atom. The number of benzene rings is 1. The molecule has 0 atom stereocenters. The summed E-state index contributed by atoms with van der Waals surface area (Å²) in [6, 6.07) is 5.45. The van der Waals surface area contributed by atoms with Crippen molar-refractivity contribution in [1.29, 1.82) is 0 Å². The van der Waals surface area contributed by atoms with Gasteiger partial charge in [0.2, 0.25) is 0 Å². The van der Waals surface area contributed by atoms with Crippen molar-refractivity contribution in [3.63, 3.8) is 0 Å². The molecule has 1 aromatic heterocycles. The Bertz CT molecular complexity index is 544. The monoisotopic (exact) mass is 313 g/mol. The van der Waals surface area contributed by atoms with Crippen molar-refractivity contribution in [2.45, 2.75) is 20.0 Å². The molecule has 0 bridgehead atoms. The Morgan fingerprint density at radius 2 is 2.20 bits per heavy atom. The summed E-state index contributed by atoms with van der Waals surface area (Å²) >= 11 is 12.2. The molecule has 6 heteroatoms. The summed E-state index contributed by atoms with van der Waals surface area (Å²) in [6.07, 6.45) is 3.64. The van der Waals surface area contributed by atoms with Crippen LogP contribution in [-0.2, 0) is 13.1 Å². The van der Waals surface area contributed by atoms with Gasteiger partial charge in [-0.25, -0.2) is 0 Å². The Kier molecular flexibility index (Phi) is 5.71. The van der Waals surface area contributed by atoms with Gasteiger partial charge in [0.15, 0.2) is 0 Å². The summed E-state index contributed by atoms with van der Waals surface area (Å²) in [4.78, 5) is 0. The number of halogens is 2. The van der Waals surface area contributed by atoms with Gasteiger partial charge in [0.25, 0.3) is 0 Å². The molecule has 20 heavy (non-hydrogen) atoms. The van der Waals surface area contributed by atoms with Crippen molar-refractivity contribution in [3.05, 3.63) is 46.2 Å². The fourth-order valence-corrected chi connectivity index (χ4v) is 2.43. The highest BCUT2D eigenvalue weighted by atomic mass is 35.5. The van der Waals surface area contributed by atoms with Crippen LogP contribution in [0.2, 0.25) is 10.0 Å². The van der Waals surface area contributed by atoms with Gasteiger partial charge in [0, 0.05) is 29.5 Å². The number of rotatable bonds is 7. The van der Waals surface area contributed by atoms with Crippen molar-refractivity contribution >= 4 is 23.2 Å². The minimum Gasteiger partial charge on any atom is -0.490 e. The first-order valence-electron chi connectivity index (χ1n) is 6.49. The number of hydrogen-bond donors (Lipinski definition) is 1. The molecule has 0 radical (unpaired) electrons. The highest BCUT2D eigenvalue weighted by Crippen LogP contribution is 2.32. The van der Waals surface area contributed by atoms with Gasteiger partial charge in [-0.3, -0.25) is 4.68 Å². The SMILES string of the molecule is CCNCc1cc(Cl)cc(Cl)c1OCCn1cccn1. The third-order valence-corrected chi connectivity index (χ3v) is 3.28. The van der Waals surface area contributed by atoms with Crippen LogP contribution >= 0.6 is 23.2 Å². The second-order valence-corrected chi connectivity index (χ2v) is 5.12. The lowest BCUT2D eigenvalue weighted by molar-refractivity contribution is 0.288. The summed E-state index contributed by atoms with van der Waals surface area (Å²) in [5.41, 5.74) is 0.963. The molecule has 1 aromatic carbocycles. The predicted octanol–water partition coefficient (Wildman–Crippen LogP) is 3.38. The molecule has 0 amide bonds. The van der Waals surface area contributed by atoms with Crippen molar-refractivity contribution in [3.8, 4) is 5.75 Å². The lowest BCUT2D eigenvalue weighted by Gasteiger charge is -2.14. The molecule has 0 aliphatic heterocycles. The highest BCUT2D eigenvalue weighted by molar-refractivity contribution is 6.35. The molecule has 2 aromatic rings. The van der Waals surface area contributed by atoms with Gasteiger partial charge in [-0.05, 0) is 24.7 Å². The van der Waals surface area contributed by atoms with Gasteiger partial charge in [-0.1, -0.05) is 30.1 Å². The molecule has 1 N–H and O–H groups in total. The maximum Gasteiger partial charge on any atom is 0.142 e. The highest BCUT2D eigenvalue weighted by Gasteiger charge is 2.10. The van der Waals surface area contributed by atoms with E-state index in [1.807, 2.05) is 29.9 Å². The fourth-order valence-electron chi connectivity index (χ4n) is 1.84. The summed E-state index contributed by atoms with van der Waals surface area (Å²) in [5.74, 6) is 0.684. The zero-order chi connectivity index (χ0) is 14.4. The zero-order valence-corrected chi connectivity index (χ0v) is 12.8. The first kappa shape index (κ1) is 15.2. The van der Waals surface area contributed by atoms with Crippen LogP contribution in [0.1, 0.15) is 12.5 Å². The molecular weight excluding hydrogens is 297 g/mol. The molecule has 1 heterocycles. The van der Waals surface area contributed by atoms with Crippen LogP contribution in [0.3, 0.4) is 0 Å². The van der Waals surface area contributed by atoms with E-state index in [2.05, 4.69) is 10.4 Å². The van der Waals surface area contributed by atoms with E-state index < -0.39 is 0 Å². The zero-order valence-electron chi connectivity index (χ0n) is 11.3. The molecule has 0 unspecified atom stereocenters. The Morgan fingerprint density at radius 1 is 1.35 bits per heavy atom. The smallest absolute Gasteiger partial charge is 0.142 e. The Balaban J connectivity index is 2.04. The summed E-state index contributed by atoms with van der Waals surface area (Å²) in [7, 11) is 0. The average Bonchev–Trinajstić information content (AvgIpc) is 2.92. The largest absolute Gasteiger partial charge is 0.490 e. The van der Waals surface area contributed by atoms with Crippen LogP contribution in [-0.4, -0.2) is 22.9 Å².